The largest absolute Gasteiger partial charge is 0.416 e. The number of nitrogens with zero attached hydrogens (tertiary/aromatic N) is 2. The van der Waals surface area contributed by atoms with E-state index in [1.54, 1.807) is 11.5 Å². The average molecular weight is 489 g/mol. The molecule has 0 aliphatic heterocycles. The Kier molecular flexibility index (Phi) is 6.18. The van der Waals surface area contributed by atoms with Crippen LogP contribution >= 0.6 is 0 Å². The fourth-order valence-corrected chi connectivity index (χ4v) is 4.23. The minimum Gasteiger partial charge on any atom is -0.310 e. The van der Waals surface area contributed by atoms with Crippen molar-refractivity contribution in [1.82, 2.24) is 4.57 Å². The first kappa shape index (κ1) is 24.1. The Bertz CT molecular complexity index is 1360. The molecule has 6 nitrogen and oxygen atoms in total. The first-order valence-electron chi connectivity index (χ1n) is 10.5. The van der Waals surface area contributed by atoms with Crippen molar-refractivity contribution >= 4 is 35.5 Å². The van der Waals surface area contributed by atoms with Crippen molar-refractivity contribution in [2.75, 3.05) is 10.6 Å². The quantitative estimate of drug-likeness (QED) is 0.273. The van der Waals surface area contributed by atoms with Gasteiger partial charge >= 0.3 is 12.2 Å². The van der Waals surface area contributed by atoms with Crippen molar-refractivity contribution in [2.24, 2.45) is 4.99 Å². The summed E-state index contributed by atoms with van der Waals surface area (Å²) in [4.78, 5) is 16.3. The Morgan fingerprint density at radius 2 is 1.77 bits per heavy atom. The minimum atomic E-state index is -4.73. The predicted molar refractivity (Wildman–Crippen MR) is 124 cm³/mol. The van der Waals surface area contributed by atoms with Crippen LogP contribution < -0.4 is 10.6 Å². The number of alkyl halides is 3. The SMILES string of the molecule is C=Nc1c2c(n(-c3ccc(NC(=O)Nc4cc(C(F)(F)F)ccc4F)c(F)c3)c1C(C)=N)CCC2. The molecule has 0 fully saturated rings. The van der Waals surface area contributed by atoms with Gasteiger partial charge in [0.05, 0.1) is 34.0 Å². The summed E-state index contributed by atoms with van der Waals surface area (Å²) in [5.74, 6) is -1.91. The molecule has 11 heteroatoms. The van der Waals surface area contributed by atoms with Gasteiger partial charge in [0.25, 0.3) is 0 Å². The number of carbonyl (C=O) groups excluding carboxylic acids is 1. The number of anilines is 2. The third-order valence-corrected chi connectivity index (χ3v) is 5.71. The summed E-state index contributed by atoms with van der Waals surface area (Å²) in [5, 5.41) is 12.3. The molecule has 0 spiro atoms. The standard InChI is InChI=1S/C24H20F5N5O/c1-12(30)22-21(31-2)15-4-3-5-20(15)34(22)14-7-9-18(17(26)11-14)32-23(35)33-19-10-13(24(27,28)29)6-8-16(19)25/h6-11,30H,2-5H2,1H3,(H2,32,33,35). The molecule has 1 heterocycles. The molecule has 1 aliphatic carbocycles. The summed E-state index contributed by atoms with van der Waals surface area (Å²) < 4.78 is 69.2. The fourth-order valence-electron chi connectivity index (χ4n) is 4.23. The molecule has 0 atom stereocenters. The zero-order valence-electron chi connectivity index (χ0n) is 18.5. The lowest BCUT2D eigenvalue weighted by Gasteiger charge is -2.15. The van der Waals surface area contributed by atoms with Crippen molar-refractivity contribution in [3.63, 3.8) is 0 Å². The number of carbonyl (C=O) groups is 1. The summed E-state index contributed by atoms with van der Waals surface area (Å²) in [5.41, 5.74) is 1.50. The number of amides is 2. The van der Waals surface area contributed by atoms with Gasteiger partial charge in [0.15, 0.2) is 0 Å². The Morgan fingerprint density at radius 3 is 2.40 bits per heavy atom. The van der Waals surface area contributed by atoms with E-state index in [4.69, 9.17) is 5.41 Å². The summed E-state index contributed by atoms with van der Waals surface area (Å²) in [6.45, 7) is 5.20. The van der Waals surface area contributed by atoms with E-state index in [1.807, 2.05) is 5.32 Å². The smallest absolute Gasteiger partial charge is 0.310 e. The van der Waals surface area contributed by atoms with E-state index in [1.165, 1.54) is 18.2 Å². The van der Waals surface area contributed by atoms with Gasteiger partial charge in [0.2, 0.25) is 0 Å². The molecular formula is C24H20F5N5O. The lowest BCUT2D eigenvalue weighted by atomic mass is 10.1. The first-order chi connectivity index (χ1) is 16.5. The Labute approximate surface area is 197 Å². The maximum Gasteiger partial charge on any atom is 0.416 e. The number of urea groups is 1. The number of hydrogen-bond donors (Lipinski definition) is 3. The van der Waals surface area contributed by atoms with E-state index in [-0.39, 0.29) is 11.4 Å². The van der Waals surface area contributed by atoms with Gasteiger partial charge in [0.1, 0.15) is 11.6 Å². The van der Waals surface area contributed by atoms with Gasteiger partial charge < -0.3 is 20.6 Å². The van der Waals surface area contributed by atoms with Gasteiger partial charge in [0, 0.05) is 17.4 Å². The maximum absolute atomic E-state index is 14.9. The molecule has 35 heavy (non-hydrogen) atoms. The summed E-state index contributed by atoms with van der Waals surface area (Å²) in [6, 6.07) is 4.43. The fraction of sp³-hybridized carbons (Fsp3) is 0.208. The monoisotopic (exact) mass is 489 g/mol. The van der Waals surface area contributed by atoms with Crippen LogP contribution in [0.25, 0.3) is 5.69 Å². The average Bonchev–Trinajstić information content (AvgIpc) is 3.36. The van der Waals surface area contributed by atoms with Crippen LogP contribution in [0.2, 0.25) is 0 Å². The molecule has 0 saturated heterocycles. The molecule has 0 bridgehead atoms. The van der Waals surface area contributed by atoms with Gasteiger partial charge in [-0.3, -0.25) is 4.99 Å². The molecule has 3 N–H and O–H groups in total. The highest BCUT2D eigenvalue weighted by Crippen LogP contribution is 2.39. The Hall–Kier alpha value is -4.02. The maximum atomic E-state index is 14.9. The van der Waals surface area contributed by atoms with Gasteiger partial charge in [-0.1, -0.05) is 0 Å². The molecule has 0 unspecified atom stereocenters. The Balaban J connectivity index is 1.61. The van der Waals surface area contributed by atoms with Crippen LogP contribution in [0, 0.1) is 17.0 Å². The summed E-state index contributed by atoms with van der Waals surface area (Å²) in [7, 11) is 0. The van der Waals surface area contributed by atoms with Crippen LogP contribution in [-0.4, -0.2) is 23.0 Å². The molecule has 4 rings (SSSR count). The van der Waals surface area contributed by atoms with Crippen molar-refractivity contribution in [3.8, 4) is 5.69 Å². The number of fused-ring (bicyclic) bond motifs is 1. The first-order valence-corrected chi connectivity index (χ1v) is 10.5. The van der Waals surface area contributed by atoms with E-state index in [0.29, 0.717) is 35.3 Å². The zero-order chi connectivity index (χ0) is 25.5. The number of halogens is 5. The molecule has 2 amide bonds. The van der Waals surface area contributed by atoms with Crippen molar-refractivity contribution in [1.29, 1.82) is 5.41 Å². The van der Waals surface area contributed by atoms with Gasteiger partial charge in [-0.05, 0) is 68.8 Å². The number of nitrogens with one attached hydrogen (secondary N) is 3. The number of aliphatic imine (C=N–C) groups is 1. The second-order valence-electron chi connectivity index (χ2n) is 8.03. The normalized spacial score (nSPS) is 12.9. The van der Waals surface area contributed by atoms with Crippen molar-refractivity contribution in [2.45, 2.75) is 32.4 Å². The van der Waals surface area contributed by atoms with Crippen LogP contribution in [-0.2, 0) is 19.0 Å². The number of benzene rings is 2. The van der Waals surface area contributed by atoms with Crippen LogP contribution in [0.5, 0.6) is 0 Å². The molecule has 0 radical (unpaired) electrons. The minimum absolute atomic E-state index is 0.229. The molecule has 2 aromatic carbocycles. The lowest BCUT2D eigenvalue weighted by molar-refractivity contribution is -0.137. The van der Waals surface area contributed by atoms with E-state index >= 15 is 0 Å². The molecular weight excluding hydrogens is 469 g/mol. The highest BCUT2D eigenvalue weighted by molar-refractivity contribution is 6.02. The second-order valence-corrected chi connectivity index (χ2v) is 8.03. The van der Waals surface area contributed by atoms with Crippen LogP contribution in [0.1, 0.15) is 35.9 Å². The van der Waals surface area contributed by atoms with Crippen LogP contribution in [0.3, 0.4) is 0 Å². The third-order valence-electron chi connectivity index (χ3n) is 5.71. The topological polar surface area (TPSA) is 82.3 Å². The van der Waals surface area contributed by atoms with E-state index in [0.717, 1.165) is 30.5 Å². The van der Waals surface area contributed by atoms with E-state index in [2.05, 4.69) is 17.0 Å². The highest BCUT2D eigenvalue weighted by Gasteiger charge is 2.31. The van der Waals surface area contributed by atoms with E-state index in [9.17, 15) is 26.7 Å². The number of aromatic nitrogens is 1. The van der Waals surface area contributed by atoms with Gasteiger partial charge in [-0.25, -0.2) is 13.6 Å². The van der Waals surface area contributed by atoms with Crippen molar-refractivity contribution in [3.05, 3.63) is 70.5 Å². The van der Waals surface area contributed by atoms with Crippen LogP contribution in [0.4, 0.5) is 43.8 Å². The highest BCUT2D eigenvalue weighted by atomic mass is 19.4. The summed E-state index contributed by atoms with van der Waals surface area (Å²) >= 11 is 0. The Morgan fingerprint density at radius 1 is 1.06 bits per heavy atom. The molecule has 182 valence electrons. The van der Waals surface area contributed by atoms with Crippen LogP contribution in [0.15, 0.2) is 41.4 Å². The molecule has 1 aliphatic rings. The third kappa shape index (κ3) is 4.53. The lowest BCUT2D eigenvalue weighted by Crippen LogP contribution is -2.21. The molecule has 0 saturated carbocycles. The summed E-state index contributed by atoms with van der Waals surface area (Å²) in [6.07, 6.45) is -2.35. The van der Waals surface area contributed by atoms with Gasteiger partial charge in [-0.2, -0.15) is 13.2 Å². The predicted octanol–water partition coefficient (Wildman–Crippen LogP) is 6.63. The number of hydrogen-bond acceptors (Lipinski definition) is 3. The number of rotatable bonds is 5. The van der Waals surface area contributed by atoms with E-state index < -0.39 is 35.1 Å². The molecule has 3 aromatic rings. The molecule has 1 aromatic heterocycles. The zero-order valence-corrected chi connectivity index (χ0v) is 18.5. The van der Waals surface area contributed by atoms with Gasteiger partial charge in [-0.15, -0.1) is 0 Å². The second kappa shape index (κ2) is 8.97. The van der Waals surface area contributed by atoms with Crippen molar-refractivity contribution < 1.29 is 26.7 Å².